The number of benzene rings is 1. The number of hydrogen-bond acceptors (Lipinski definition) is 1. The number of aromatic nitrogens is 3. The lowest BCUT2D eigenvalue weighted by molar-refractivity contribution is -0.610. The summed E-state index contributed by atoms with van der Waals surface area (Å²) in [6.07, 6.45) is 7.84. The molecule has 2 aromatic heterocycles. The van der Waals surface area contributed by atoms with Crippen molar-refractivity contribution in [3.63, 3.8) is 0 Å². The van der Waals surface area contributed by atoms with Crippen LogP contribution in [0.4, 0.5) is 0 Å². The molecule has 3 nitrogen and oxygen atoms in total. The van der Waals surface area contributed by atoms with Gasteiger partial charge in [0.25, 0.3) is 6.33 Å². The van der Waals surface area contributed by atoms with Crippen LogP contribution in [0.5, 0.6) is 0 Å². The Kier molecular flexibility index (Phi) is 4.18. The SMILES string of the molecule is Cc1c(-[n+]2cccnc2)cc(C(C)(C)C)cc1-[n+]1ccccc1C. The standard InChI is InChI=1S/C21H25N3/c1-16-9-6-7-12-24(16)20-14-18(21(3,4)5)13-19(17(20)2)23-11-8-10-22-15-23/h6-15H,1-5H3/q+2. The van der Waals surface area contributed by atoms with Crippen molar-refractivity contribution in [2.24, 2.45) is 0 Å². The predicted molar refractivity (Wildman–Crippen MR) is 95.5 cm³/mol. The predicted octanol–water partition coefficient (Wildman–Crippen LogP) is 3.55. The molecule has 0 atom stereocenters. The molecule has 3 rings (SSSR count). The molecule has 0 amide bonds. The third-order valence-corrected chi connectivity index (χ3v) is 4.43. The second kappa shape index (κ2) is 6.16. The zero-order valence-electron chi connectivity index (χ0n) is 15.1. The van der Waals surface area contributed by atoms with Crippen molar-refractivity contribution in [3.8, 4) is 11.4 Å². The summed E-state index contributed by atoms with van der Waals surface area (Å²) in [5, 5.41) is 0. The zero-order chi connectivity index (χ0) is 17.3. The van der Waals surface area contributed by atoms with Gasteiger partial charge in [0.1, 0.15) is 11.9 Å². The molecule has 1 aromatic carbocycles. The summed E-state index contributed by atoms with van der Waals surface area (Å²) in [4.78, 5) is 4.27. The number of aryl methyl sites for hydroxylation is 1. The van der Waals surface area contributed by atoms with Crippen molar-refractivity contribution >= 4 is 0 Å². The molecule has 0 radical (unpaired) electrons. The highest BCUT2D eigenvalue weighted by atomic mass is 15.0. The van der Waals surface area contributed by atoms with Crippen LogP contribution in [0.1, 0.15) is 37.6 Å². The fourth-order valence-corrected chi connectivity index (χ4v) is 2.91. The first-order chi connectivity index (χ1) is 11.4. The van der Waals surface area contributed by atoms with Crippen LogP contribution in [-0.4, -0.2) is 4.98 Å². The number of nitrogens with zero attached hydrogens (tertiary/aromatic N) is 3. The quantitative estimate of drug-likeness (QED) is 0.662. The van der Waals surface area contributed by atoms with Crippen molar-refractivity contribution in [1.82, 2.24) is 4.98 Å². The molecule has 0 saturated heterocycles. The Morgan fingerprint density at radius 1 is 0.917 bits per heavy atom. The Balaban J connectivity index is 2.32. The second-order valence-electron chi connectivity index (χ2n) is 7.26. The van der Waals surface area contributed by atoms with E-state index in [0.717, 1.165) is 0 Å². The van der Waals surface area contributed by atoms with Gasteiger partial charge < -0.3 is 0 Å². The first-order valence-corrected chi connectivity index (χ1v) is 8.32. The van der Waals surface area contributed by atoms with Gasteiger partial charge in [-0.05, 0) is 24.0 Å². The molecule has 122 valence electrons. The Hall–Kier alpha value is -2.55. The van der Waals surface area contributed by atoms with Gasteiger partial charge in [0.05, 0.1) is 11.8 Å². The number of pyridine rings is 1. The topological polar surface area (TPSA) is 20.6 Å². The molecule has 0 bridgehead atoms. The highest BCUT2D eigenvalue weighted by Crippen LogP contribution is 2.27. The van der Waals surface area contributed by atoms with E-state index in [1.165, 1.54) is 28.2 Å². The molecule has 2 heterocycles. The van der Waals surface area contributed by atoms with E-state index in [4.69, 9.17) is 0 Å². The Bertz CT molecular complexity index is 862. The number of hydrogen-bond donors (Lipinski definition) is 0. The minimum absolute atomic E-state index is 0.0726. The van der Waals surface area contributed by atoms with Gasteiger partial charge in [0.2, 0.25) is 5.69 Å². The molecule has 0 N–H and O–H groups in total. The lowest BCUT2D eigenvalue weighted by atomic mass is 9.85. The van der Waals surface area contributed by atoms with Crippen LogP contribution in [0.15, 0.2) is 61.3 Å². The molecule has 0 aliphatic carbocycles. The van der Waals surface area contributed by atoms with E-state index in [0.29, 0.717) is 0 Å². The van der Waals surface area contributed by atoms with Crippen LogP contribution in [-0.2, 0) is 5.41 Å². The number of rotatable bonds is 2. The Labute approximate surface area is 144 Å². The van der Waals surface area contributed by atoms with E-state index in [2.05, 4.69) is 85.3 Å². The minimum Gasteiger partial charge on any atom is -0.202 e. The first kappa shape index (κ1) is 16.3. The van der Waals surface area contributed by atoms with E-state index in [1.54, 1.807) is 6.20 Å². The summed E-state index contributed by atoms with van der Waals surface area (Å²) in [6.45, 7) is 11.1. The third-order valence-electron chi connectivity index (χ3n) is 4.43. The van der Waals surface area contributed by atoms with Crippen LogP contribution in [0.2, 0.25) is 0 Å². The molecule has 24 heavy (non-hydrogen) atoms. The molecule has 0 aliphatic heterocycles. The van der Waals surface area contributed by atoms with Crippen molar-refractivity contribution in [2.45, 2.75) is 40.0 Å². The highest BCUT2D eigenvalue weighted by Gasteiger charge is 2.24. The van der Waals surface area contributed by atoms with Crippen LogP contribution in [0, 0.1) is 13.8 Å². The molecule has 0 fully saturated rings. The summed E-state index contributed by atoms with van der Waals surface area (Å²) in [5.41, 5.74) is 6.22. The Morgan fingerprint density at radius 2 is 1.67 bits per heavy atom. The molecule has 0 aliphatic rings. The van der Waals surface area contributed by atoms with E-state index >= 15 is 0 Å². The van der Waals surface area contributed by atoms with Gasteiger partial charge in [-0.3, -0.25) is 0 Å². The molecule has 0 saturated carbocycles. The van der Waals surface area contributed by atoms with E-state index in [-0.39, 0.29) is 5.41 Å². The average molecular weight is 319 g/mol. The third kappa shape index (κ3) is 3.07. The maximum absolute atomic E-state index is 4.27. The van der Waals surface area contributed by atoms with Crippen molar-refractivity contribution in [1.29, 1.82) is 0 Å². The van der Waals surface area contributed by atoms with Crippen LogP contribution in [0.3, 0.4) is 0 Å². The molecule has 3 aromatic rings. The van der Waals surface area contributed by atoms with Crippen molar-refractivity contribution in [2.75, 3.05) is 0 Å². The monoisotopic (exact) mass is 319 g/mol. The summed E-state index contributed by atoms with van der Waals surface area (Å²) < 4.78 is 4.35. The fourth-order valence-electron chi connectivity index (χ4n) is 2.91. The first-order valence-electron chi connectivity index (χ1n) is 8.32. The zero-order valence-corrected chi connectivity index (χ0v) is 15.1. The van der Waals surface area contributed by atoms with Crippen LogP contribution < -0.4 is 9.13 Å². The maximum atomic E-state index is 4.27. The minimum atomic E-state index is 0.0726. The summed E-state index contributed by atoms with van der Waals surface area (Å²) in [7, 11) is 0. The molecule has 0 unspecified atom stereocenters. The van der Waals surface area contributed by atoms with Crippen molar-refractivity contribution < 1.29 is 9.13 Å². The van der Waals surface area contributed by atoms with E-state index < -0.39 is 0 Å². The normalized spacial score (nSPS) is 11.5. The highest BCUT2D eigenvalue weighted by molar-refractivity contribution is 5.49. The van der Waals surface area contributed by atoms with Gasteiger partial charge in [0, 0.05) is 31.2 Å². The summed E-state index contributed by atoms with van der Waals surface area (Å²) in [5.74, 6) is 0. The molecular weight excluding hydrogens is 294 g/mol. The largest absolute Gasteiger partial charge is 0.291 e. The van der Waals surface area contributed by atoms with Gasteiger partial charge in [-0.25, -0.2) is 4.57 Å². The maximum Gasteiger partial charge on any atom is 0.291 e. The lowest BCUT2D eigenvalue weighted by Gasteiger charge is -2.20. The van der Waals surface area contributed by atoms with Gasteiger partial charge in [0.15, 0.2) is 11.9 Å². The van der Waals surface area contributed by atoms with Crippen LogP contribution >= 0.6 is 0 Å². The summed E-state index contributed by atoms with van der Waals surface area (Å²) in [6, 6.07) is 12.8. The van der Waals surface area contributed by atoms with Gasteiger partial charge in [-0.15, -0.1) is 0 Å². The van der Waals surface area contributed by atoms with Gasteiger partial charge in [-0.2, -0.15) is 4.57 Å². The molecular formula is C21H25N3+2. The van der Waals surface area contributed by atoms with Gasteiger partial charge >= 0.3 is 0 Å². The Morgan fingerprint density at radius 3 is 2.29 bits per heavy atom. The van der Waals surface area contributed by atoms with Gasteiger partial charge in [-0.1, -0.05) is 31.8 Å². The summed E-state index contributed by atoms with van der Waals surface area (Å²) >= 11 is 0. The smallest absolute Gasteiger partial charge is 0.202 e. The molecule has 0 spiro atoms. The van der Waals surface area contributed by atoms with E-state index in [1.807, 2.05) is 18.6 Å². The van der Waals surface area contributed by atoms with Crippen molar-refractivity contribution in [3.05, 3.63) is 78.1 Å². The van der Waals surface area contributed by atoms with Crippen LogP contribution in [0.25, 0.3) is 11.4 Å². The van der Waals surface area contributed by atoms with E-state index in [9.17, 15) is 0 Å². The average Bonchev–Trinajstić information content (AvgIpc) is 2.55. The second-order valence-corrected chi connectivity index (χ2v) is 7.26. The lowest BCUT2D eigenvalue weighted by Crippen LogP contribution is -2.38. The fraction of sp³-hybridized carbons (Fsp3) is 0.286. The molecule has 3 heteroatoms.